The van der Waals surface area contributed by atoms with E-state index in [-0.39, 0.29) is 0 Å². The Bertz CT molecular complexity index is 476. The first-order chi connectivity index (χ1) is 7.22. The fourth-order valence-corrected chi connectivity index (χ4v) is 1.69. The van der Waals surface area contributed by atoms with E-state index in [1.165, 1.54) is 0 Å². The number of anilines is 1. The molecule has 1 aliphatic rings. The maximum absolute atomic E-state index is 8.38. The van der Waals surface area contributed by atoms with Crippen molar-refractivity contribution in [2.24, 2.45) is 4.99 Å². The molecule has 1 aliphatic heterocycles. The molecule has 1 heterocycles. The maximum atomic E-state index is 8.38. The lowest BCUT2D eigenvalue weighted by Gasteiger charge is -2.19. The molecule has 6 heteroatoms. The Hall–Kier alpha value is -1.44. The van der Waals surface area contributed by atoms with Gasteiger partial charge in [0.05, 0.1) is 16.6 Å². The number of fused-ring (bicyclic) bond motifs is 1. The van der Waals surface area contributed by atoms with Gasteiger partial charge in [-0.05, 0) is 12.1 Å². The van der Waals surface area contributed by atoms with Gasteiger partial charge in [0.15, 0.2) is 0 Å². The molecule has 2 rings (SSSR count). The maximum Gasteiger partial charge on any atom is 0.233 e. The quantitative estimate of drug-likeness (QED) is 0.707. The third-order valence-electron chi connectivity index (χ3n) is 1.99. The van der Waals surface area contributed by atoms with E-state index in [1.54, 1.807) is 18.3 Å². The van der Waals surface area contributed by atoms with Crippen LogP contribution in [0.5, 0.6) is 0 Å². The number of aliphatic imine (C=N–C) groups is 1. The van der Waals surface area contributed by atoms with Gasteiger partial charge >= 0.3 is 0 Å². The molecule has 0 aliphatic carbocycles. The summed E-state index contributed by atoms with van der Waals surface area (Å²) in [6, 6.07) is 3.47. The van der Waals surface area contributed by atoms with Gasteiger partial charge in [-0.2, -0.15) is 5.26 Å². The summed E-state index contributed by atoms with van der Waals surface area (Å²) in [5, 5.41) is 16.3. The Labute approximate surface area is 96.5 Å². The van der Waals surface area contributed by atoms with Crippen molar-refractivity contribution < 1.29 is 0 Å². The molecule has 75 valence electrons. The number of rotatable bonds is 0. The molecule has 0 amide bonds. The minimum absolute atomic E-state index is 0.295. The van der Waals surface area contributed by atoms with Gasteiger partial charge in [-0.1, -0.05) is 23.2 Å². The number of guanidine groups is 1. The number of nitriles is 1. The summed E-state index contributed by atoms with van der Waals surface area (Å²) >= 11 is 11.9. The largest absolute Gasteiger partial charge is 0.323 e. The van der Waals surface area contributed by atoms with Gasteiger partial charge in [-0.25, -0.2) is 5.32 Å². The summed E-state index contributed by atoms with van der Waals surface area (Å²) < 4.78 is 0. The van der Waals surface area contributed by atoms with Crippen LogP contribution in [0.25, 0.3) is 0 Å². The van der Waals surface area contributed by atoms with Crippen LogP contribution in [-0.2, 0) is 6.54 Å². The summed E-state index contributed by atoms with van der Waals surface area (Å²) in [6.07, 6.45) is 1.67. The van der Waals surface area contributed by atoms with Crippen LogP contribution in [0.1, 0.15) is 5.56 Å². The van der Waals surface area contributed by atoms with Gasteiger partial charge in [-0.3, -0.25) is 0 Å². The summed E-state index contributed by atoms with van der Waals surface area (Å²) in [5.74, 6) is 0.295. The molecule has 1 aromatic rings. The highest BCUT2D eigenvalue weighted by atomic mass is 35.5. The molecule has 4 nitrogen and oxygen atoms in total. The molecule has 15 heavy (non-hydrogen) atoms. The highest BCUT2D eigenvalue weighted by molar-refractivity contribution is 6.42. The zero-order valence-electron chi connectivity index (χ0n) is 7.46. The smallest absolute Gasteiger partial charge is 0.233 e. The average molecular weight is 240 g/mol. The Balaban J connectivity index is 2.42. The third kappa shape index (κ3) is 1.84. The van der Waals surface area contributed by atoms with Crippen LogP contribution in [0.3, 0.4) is 0 Å². The Morgan fingerprint density at radius 1 is 1.47 bits per heavy atom. The first kappa shape index (κ1) is 10.1. The van der Waals surface area contributed by atoms with Crippen LogP contribution in [0, 0.1) is 11.5 Å². The van der Waals surface area contributed by atoms with E-state index in [4.69, 9.17) is 28.5 Å². The fourth-order valence-electron chi connectivity index (χ4n) is 1.29. The molecule has 1 radical (unpaired) electrons. The number of benzene rings is 1. The number of nitrogens with one attached hydrogen (secondary N) is 1. The molecule has 0 fully saturated rings. The number of nitrogens with zero attached hydrogens (tertiary/aromatic N) is 3. The Kier molecular flexibility index (Phi) is 2.67. The molecular weight excluding hydrogens is 235 g/mol. The number of hydrogen-bond acceptors (Lipinski definition) is 2. The predicted molar refractivity (Wildman–Crippen MR) is 59.0 cm³/mol. The molecule has 0 aromatic heterocycles. The van der Waals surface area contributed by atoms with Crippen LogP contribution in [0.4, 0.5) is 5.69 Å². The lowest BCUT2D eigenvalue weighted by Crippen LogP contribution is -2.29. The molecule has 0 unspecified atom stereocenters. The average Bonchev–Trinajstić information content (AvgIpc) is 2.24. The van der Waals surface area contributed by atoms with Gasteiger partial charge in [0.25, 0.3) is 0 Å². The minimum Gasteiger partial charge on any atom is -0.323 e. The lowest BCUT2D eigenvalue weighted by molar-refractivity contribution is 0.877. The molecule has 1 N–H and O–H groups in total. The van der Waals surface area contributed by atoms with E-state index < -0.39 is 0 Å². The van der Waals surface area contributed by atoms with Crippen molar-refractivity contribution in [3.8, 4) is 6.19 Å². The van der Waals surface area contributed by atoms with Crippen molar-refractivity contribution in [1.82, 2.24) is 5.32 Å². The molecule has 0 saturated carbocycles. The van der Waals surface area contributed by atoms with Gasteiger partial charge in [0, 0.05) is 11.3 Å². The van der Waals surface area contributed by atoms with E-state index >= 15 is 0 Å². The van der Waals surface area contributed by atoms with Crippen molar-refractivity contribution in [2.75, 3.05) is 5.32 Å². The van der Waals surface area contributed by atoms with Gasteiger partial charge in [0.1, 0.15) is 0 Å². The second kappa shape index (κ2) is 3.97. The first-order valence-corrected chi connectivity index (χ1v) is 4.86. The van der Waals surface area contributed by atoms with Crippen molar-refractivity contribution in [1.29, 1.82) is 5.26 Å². The lowest BCUT2D eigenvalue weighted by atomic mass is 10.1. The summed E-state index contributed by atoms with van der Waals surface area (Å²) in [4.78, 5) is 3.50. The molecule has 0 atom stereocenters. The van der Waals surface area contributed by atoms with Gasteiger partial charge in [-0.15, -0.1) is 4.99 Å². The number of halogens is 2. The van der Waals surface area contributed by atoms with E-state index in [2.05, 4.69) is 15.6 Å². The zero-order valence-corrected chi connectivity index (χ0v) is 8.97. The van der Waals surface area contributed by atoms with Crippen molar-refractivity contribution in [3.63, 3.8) is 0 Å². The van der Waals surface area contributed by atoms with Crippen molar-refractivity contribution in [2.45, 2.75) is 6.54 Å². The Morgan fingerprint density at radius 2 is 2.27 bits per heavy atom. The SMILES string of the molecule is N#CN=C1[N]Cc2c(ccc(Cl)c2Cl)N1. The molecular formula is C9H5Cl2N4. The van der Waals surface area contributed by atoms with Gasteiger partial charge in [0.2, 0.25) is 12.2 Å². The Morgan fingerprint density at radius 3 is 3.00 bits per heavy atom. The predicted octanol–water partition coefficient (Wildman–Crippen LogP) is 2.36. The topological polar surface area (TPSA) is 62.3 Å². The van der Waals surface area contributed by atoms with Crippen molar-refractivity contribution >= 4 is 34.8 Å². The van der Waals surface area contributed by atoms with Crippen LogP contribution >= 0.6 is 23.2 Å². The van der Waals surface area contributed by atoms with Crippen LogP contribution in [-0.4, -0.2) is 5.96 Å². The highest BCUT2D eigenvalue weighted by Crippen LogP contribution is 2.33. The molecule has 0 bridgehead atoms. The normalized spacial score (nSPS) is 16.2. The highest BCUT2D eigenvalue weighted by Gasteiger charge is 2.18. The molecule has 0 spiro atoms. The van der Waals surface area contributed by atoms with Crippen LogP contribution in [0.15, 0.2) is 17.1 Å². The summed E-state index contributed by atoms with van der Waals surface area (Å²) in [5.41, 5.74) is 1.61. The minimum atomic E-state index is 0.295. The van der Waals surface area contributed by atoms with E-state index in [9.17, 15) is 0 Å². The summed E-state index contributed by atoms with van der Waals surface area (Å²) in [6.45, 7) is 0.377. The molecule has 1 aromatic carbocycles. The third-order valence-corrected chi connectivity index (χ3v) is 2.83. The van der Waals surface area contributed by atoms with E-state index in [0.717, 1.165) is 11.3 Å². The van der Waals surface area contributed by atoms with Crippen molar-refractivity contribution in [3.05, 3.63) is 27.7 Å². The molecule has 0 saturated heterocycles. The van der Waals surface area contributed by atoms with Crippen LogP contribution in [0.2, 0.25) is 10.0 Å². The zero-order chi connectivity index (χ0) is 10.8. The number of hydrogen-bond donors (Lipinski definition) is 1. The second-order valence-electron chi connectivity index (χ2n) is 2.86. The monoisotopic (exact) mass is 239 g/mol. The first-order valence-electron chi connectivity index (χ1n) is 4.10. The standard InChI is InChI=1S/C9H5Cl2N4/c10-6-1-2-7-5(8(6)11)3-13-9(15-7)14-4-12/h1-2H,3H2,(H,14,15). The van der Waals surface area contributed by atoms with E-state index in [0.29, 0.717) is 22.5 Å². The second-order valence-corrected chi connectivity index (χ2v) is 3.65. The van der Waals surface area contributed by atoms with E-state index in [1.807, 2.05) is 0 Å². The summed E-state index contributed by atoms with van der Waals surface area (Å²) in [7, 11) is 0. The fraction of sp³-hybridized carbons (Fsp3) is 0.111. The van der Waals surface area contributed by atoms with Crippen LogP contribution < -0.4 is 10.6 Å². The van der Waals surface area contributed by atoms with Gasteiger partial charge < -0.3 is 5.32 Å².